The first-order valence-corrected chi connectivity index (χ1v) is 9.14. The van der Waals surface area contributed by atoms with Gasteiger partial charge in [0, 0.05) is 19.7 Å². The summed E-state index contributed by atoms with van der Waals surface area (Å²) >= 11 is 0. The summed E-state index contributed by atoms with van der Waals surface area (Å²) in [5.74, 6) is 1.18. The Balaban J connectivity index is 1.79. The van der Waals surface area contributed by atoms with E-state index in [-0.39, 0.29) is 17.9 Å². The van der Waals surface area contributed by atoms with Crippen LogP contribution in [0.1, 0.15) is 39.5 Å². The van der Waals surface area contributed by atoms with Crippen LogP contribution in [0.2, 0.25) is 0 Å². The van der Waals surface area contributed by atoms with Gasteiger partial charge in [0.2, 0.25) is 11.8 Å². The Hall–Kier alpha value is -2.15. The van der Waals surface area contributed by atoms with Crippen LogP contribution in [0.4, 0.5) is 5.82 Å². The Labute approximate surface area is 148 Å². The average molecular weight is 345 g/mol. The van der Waals surface area contributed by atoms with E-state index < -0.39 is 0 Å². The third kappa shape index (κ3) is 3.92. The van der Waals surface area contributed by atoms with E-state index >= 15 is 0 Å². The van der Waals surface area contributed by atoms with Crippen LogP contribution in [0.25, 0.3) is 11.0 Å². The summed E-state index contributed by atoms with van der Waals surface area (Å²) in [5.41, 5.74) is 0.709. The number of anilines is 1. The van der Waals surface area contributed by atoms with Gasteiger partial charge in [-0.25, -0.2) is 4.68 Å². The molecular formula is C18H27N5O2. The van der Waals surface area contributed by atoms with Gasteiger partial charge in [0.15, 0.2) is 11.5 Å². The molecule has 25 heavy (non-hydrogen) atoms. The van der Waals surface area contributed by atoms with Gasteiger partial charge in [-0.15, -0.1) is 0 Å². The number of aromatic nitrogens is 3. The molecule has 0 saturated carbocycles. The maximum absolute atomic E-state index is 12.5. The summed E-state index contributed by atoms with van der Waals surface area (Å²) in [6.07, 6.45) is 3.99. The molecule has 2 aromatic heterocycles. The molecule has 1 unspecified atom stereocenters. The molecule has 136 valence electrons. The van der Waals surface area contributed by atoms with Crippen LogP contribution < -0.4 is 15.4 Å². The van der Waals surface area contributed by atoms with Crippen molar-refractivity contribution >= 4 is 22.8 Å². The van der Waals surface area contributed by atoms with Crippen molar-refractivity contribution in [1.82, 2.24) is 20.1 Å². The molecule has 1 atom stereocenters. The zero-order valence-corrected chi connectivity index (χ0v) is 15.2. The zero-order chi connectivity index (χ0) is 17.8. The second-order valence-electron chi connectivity index (χ2n) is 6.58. The van der Waals surface area contributed by atoms with Crippen LogP contribution in [-0.4, -0.2) is 39.9 Å². The van der Waals surface area contributed by atoms with E-state index in [1.54, 1.807) is 4.68 Å². The van der Waals surface area contributed by atoms with Crippen LogP contribution in [0.15, 0.2) is 12.1 Å². The number of ether oxygens (including phenoxy) is 1. The van der Waals surface area contributed by atoms with E-state index in [1.807, 2.05) is 19.2 Å². The molecule has 3 rings (SSSR count). The second kappa shape index (κ2) is 7.82. The highest BCUT2D eigenvalue weighted by Gasteiger charge is 2.23. The summed E-state index contributed by atoms with van der Waals surface area (Å²) in [5, 5.41) is 11.5. The highest BCUT2D eigenvalue weighted by atomic mass is 16.5. The number of amides is 1. The first kappa shape index (κ1) is 17.7. The van der Waals surface area contributed by atoms with Gasteiger partial charge in [-0.05, 0) is 38.3 Å². The van der Waals surface area contributed by atoms with E-state index in [0.717, 1.165) is 44.2 Å². The van der Waals surface area contributed by atoms with Crippen molar-refractivity contribution in [3.63, 3.8) is 0 Å². The monoisotopic (exact) mass is 345 g/mol. The van der Waals surface area contributed by atoms with Crippen molar-refractivity contribution in [3.05, 3.63) is 12.1 Å². The first-order valence-electron chi connectivity index (χ1n) is 9.14. The molecule has 1 saturated heterocycles. The fourth-order valence-electron chi connectivity index (χ4n) is 3.19. The van der Waals surface area contributed by atoms with Gasteiger partial charge >= 0.3 is 0 Å². The SMILES string of the molecule is CCC(CC)Oc1ccc2c(NC(=O)C3CCCNC3)nn(C)c2n1. The van der Waals surface area contributed by atoms with E-state index in [0.29, 0.717) is 17.3 Å². The maximum atomic E-state index is 12.5. The van der Waals surface area contributed by atoms with Crippen LogP contribution in [0.3, 0.4) is 0 Å². The molecule has 2 N–H and O–H groups in total. The average Bonchev–Trinajstić information content (AvgIpc) is 2.95. The molecule has 1 fully saturated rings. The molecule has 0 aromatic carbocycles. The lowest BCUT2D eigenvalue weighted by Crippen LogP contribution is -2.37. The molecule has 2 aromatic rings. The van der Waals surface area contributed by atoms with Gasteiger partial charge in [-0.1, -0.05) is 13.8 Å². The predicted molar refractivity (Wildman–Crippen MR) is 97.7 cm³/mol. The molecule has 7 heteroatoms. The van der Waals surface area contributed by atoms with Crippen molar-refractivity contribution in [2.24, 2.45) is 13.0 Å². The third-order valence-corrected chi connectivity index (χ3v) is 4.77. The van der Waals surface area contributed by atoms with Crippen molar-refractivity contribution < 1.29 is 9.53 Å². The molecule has 7 nitrogen and oxygen atoms in total. The Morgan fingerprint density at radius 1 is 1.44 bits per heavy atom. The summed E-state index contributed by atoms with van der Waals surface area (Å²) in [6, 6.07) is 3.77. The normalized spacial score (nSPS) is 17.8. The minimum atomic E-state index is -0.00348. The fourth-order valence-corrected chi connectivity index (χ4v) is 3.19. The number of nitrogens with one attached hydrogen (secondary N) is 2. The Morgan fingerprint density at radius 2 is 2.24 bits per heavy atom. The van der Waals surface area contributed by atoms with E-state index in [2.05, 4.69) is 34.6 Å². The Bertz CT molecular complexity index is 732. The topological polar surface area (TPSA) is 81.1 Å². The van der Waals surface area contributed by atoms with E-state index in [4.69, 9.17) is 4.74 Å². The number of piperidine rings is 1. The summed E-state index contributed by atoms with van der Waals surface area (Å²) in [7, 11) is 1.83. The molecule has 1 aliphatic rings. The van der Waals surface area contributed by atoms with Gasteiger partial charge in [0.1, 0.15) is 0 Å². The van der Waals surface area contributed by atoms with Gasteiger partial charge in [0.25, 0.3) is 0 Å². The number of hydrogen-bond donors (Lipinski definition) is 2. The van der Waals surface area contributed by atoms with Crippen molar-refractivity contribution in [1.29, 1.82) is 0 Å². The third-order valence-electron chi connectivity index (χ3n) is 4.77. The molecular weight excluding hydrogens is 318 g/mol. The van der Waals surface area contributed by atoms with Gasteiger partial charge in [-0.2, -0.15) is 10.1 Å². The predicted octanol–water partition coefficient (Wildman–Crippen LogP) is 2.47. The number of aryl methyl sites for hydroxylation is 1. The summed E-state index contributed by atoms with van der Waals surface area (Å²) in [4.78, 5) is 17.0. The Kier molecular flexibility index (Phi) is 5.53. The number of carbonyl (C=O) groups is 1. The highest BCUT2D eigenvalue weighted by molar-refractivity contribution is 5.99. The summed E-state index contributed by atoms with van der Waals surface area (Å²) in [6.45, 7) is 5.91. The van der Waals surface area contributed by atoms with Crippen LogP contribution >= 0.6 is 0 Å². The van der Waals surface area contributed by atoms with E-state index in [9.17, 15) is 4.79 Å². The van der Waals surface area contributed by atoms with Gasteiger partial charge < -0.3 is 15.4 Å². The molecule has 0 bridgehead atoms. The molecule has 0 radical (unpaired) electrons. The number of hydrogen-bond acceptors (Lipinski definition) is 5. The minimum absolute atomic E-state index is 0.00348. The zero-order valence-electron chi connectivity index (χ0n) is 15.2. The lowest BCUT2D eigenvalue weighted by atomic mass is 9.99. The number of carbonyl (C=O) groups excluding carboxylic acids is 1. The van der Waals surface area contributed by atoms with Crippen LogP contribution in [0.5, 0.6) is 5.88 Å². The first-order chi connectivity index (χ1) is 12.1. The number of fused-ring (bicyclic) bond motifs is 1. The van der Waals surface area contributed by atoms with E-state index in [1.165, 1.54) is 0 Å². The molecule has 1 amide bonds. The van der Waals surface area contributed by atoms with Crippen LogP contribution in [0, 0.1) is 5.92 Å². The molecule has 0 aliphatic carbocycles. The second-order valence-corrected chi connectivity index (χ2v) is 6.58. The minimum Gasteiger partial charge on any atom is -0.474 e. The van der Waals surface area contributed by atoms with Crippen LogP contribution in [-0.2, 0) is 11.8 Å². The van der Waals surface area contributed by atoms with Crippen molar-refractivity contribution in [2.45, 2.75) is 45.6 Å². The highest BCUT2D eigenvalue weighted by Crippen LogP contribution is 2.25. The summed E-state index contributed by atoms with van der Waals surface area (Å²) < 4.78 is 7.60. The molecule has 3 heterocycles. The van der Waals surface area contributed by atoms with Crippen molar-refractivity contribution in [3.8, 4) is 5.88 Å². The maximum Gasteiger partial charge on any atom is 0.229 e. The Morgan fingerprint density at radius 3 is 2.92 bits per heavy atom. The molecule has 1 aliphatic heterocycles. The quantitative estimate of drug-likeness (QED) is 0.841. The number of nitrogens with zero attached hydrogens (tertiary/aromatic N) is 3. The fraction of sp³-hybridized carbons (Fsp3) is 0.611. The lowest BCUT2D eigenvalue weighted by Gasteiger charge is -2.21. The number of pyridine rings is 1. The standard InChI is InChI=1S/C18H27N5O2/c1-4-13(5-2)25-15-9-8-14-16(22-23(3)17(14)20-15)21-18(24)12-7-6-10-19-11-12/h8-9,12-13,19H,4-7,10-11H2,1-3H3,(H,21,22,24). The lowest BCUT2D eigenvalue weighted by molar-refractivity contribution is -0.120. The smallest absolute Gasteiger partial charge is 0.229 e. The van der Waals surface area contributed by atoms with Gasteiger partial charge in [0.05, 0.1) is 17.4 Å². The van der Waals surface area contributed by atoms with Crippen molar-refractivity contribution in [2.75, 3.05) is 18.4 Å². The molecule has 0 spiro atoms. The van der Waals surface area contributed by atoms with Gasteiger partial charge in [-0.3, -0.25) is 4.79 Å². The number of rotatable bonds is 6. The largest absolute Gasteiger partial charge is 0.474 e.